The summed E-state index contributed by atoms with van der Waals surface area (Å²) < 4.78 is 6.26. The summed E-state index contributed by atoms with van der Waals surface area (Å²) in [7, 11) is 0. The van der Waals surface area contributed by atoms with Gasteiger partial charge in [0.05, 0.1) is 0 Å². The fraction of sp³-hybridized carbons (Fsp3) is 0.700. The van der Waals surface area contributed by atoms with E-state index in [1.54, 1.807) is 0 Å². The van der Waals surface area contributed by atoms with E-state index in [9.17, 15) is 0 Å². The highest BCUT2D eigenvalue weighted by molar-refractivity contribution is 8.19. The SMILES string of the molecule is CCCCCCCCc1ccc2c(c1)SC(OCCC(C)C)S2. The van der Waals surface area contributed by atoms with Crippen molar-refractivity contribution in [2.75, 3.05) is 6.61 Å². The molecular formula is C20H32OS2. The van der Waals surface area contributed by atoms with Crippen LogP contribution < -0.4 is 0 Å². The third-order valence-corrected chi connectivity index (χ3v) is 6.79. The highest BCUT2D eigenvalue weighted by Gasteiger charge is 2.23. The van der Waals surface area contributed by atoms with Gasteiger partial charge in [-0.1, -0.05) is 82.5 Å². The molecule has 1 aromatic carbocycles. The van der Waals surface area contributed by atoms with Crippen molar-refractivity contribution in [2.24, 2.45) is 5.92 Å². The number of thioether (sulfide) groups is 2. The van der Waals surface area contributed by atoms with Gasteiger partial charge in [0.2, 0.25) is 0 Å². The molecule has 0 saturated carbocycles. The zero-order valence-corrected chi connectivity index (χ0v) is 16.6. The Balaban J connectivity index is 1.70. The topological polar surface area (TPSA) is 9.23 Å². The lowest BCUT2D eigenvalue weighted by Crippen LogP contribution is -2.04. The van der Waals surface area contributed by atoms with Crippen molar-refractivity contribution >= 4 is 23.5 Å². The molecule has 1 heterocycles. The molecule has 0 amide bonds. The first-order valence-corrected chi connectivity index (χ1v) is 11.0. The van der Waals surface area contributed by atoms with Crippen molar-refractivity contribution in [2.45, 2.75) is 86.7 Å². The van der Waals surface area contributed by atoms with Crippen LogP contribution in [-0.4, -0.2) is 11.4 Å². The quantitative estimate of drug-likeness (QED) is 0.392. The Morgan fingerprint density at radius 3 is 2.52 bits per heavy atom. The van der Waals surface area contributed by atoms with Gasteiger partial charge in [-0.25, -0.2) is 0 Å². The van der Waals surface area contributed by atoms with Gasteiger partial charge in [-0.2, -0.15) is 0 Å². The second-order valence-corrected chi connectivity index (χ2v) is 9.38. The minimum atomic E-state index is 0.257. The molecule has 1 unspecified atom stereocenters. The Morgan fingerprint density at radius 2 is 1.74 bits per heavy atom. The van der Waals surface area contributed by atoms with Crippen LogP contribution in [0.4, 0.5) is 0 Å². The van der Waals surface area contributed by atoms with E-state index >= 15 is 0 Å². The summed E-state index contributed by atoms with van der Waals surface area (Å²) in [6, 6.07) is 7.00. The number of fused-ring (bicyclic) bond motifs is 1. The number of hydrogen-bond acceptors (Lipinski definition) is 3. The molecule has 0 N–H and O–H groups in total. The van der Waals surface area contributed by atoms with Crippen LogP contribution >= 0.6 is 23.5 Å². The molecule has 0 aromatic heterocycles. The lowest BCUT2D eigenvalue weighted by atomic mass is 10.1. The summed E-state index contributed by atoms with van der Waals surface area (Å²) in [5, 5.41) is 0. The van der Waals surface area contributed by atoms with Crippen LogP contribution in [0.2, 0.25) is 0 Å². The summed E-state index contributed by atoms with van der Waals surface area (Å²) in [5.74, 6) is 0.720. The molecule has 0 saturated heterocycles. The maximum Gasteiger partial charge on any atom is 0.158 e. The van der Waals surface area contributed by atoms with E-state index in [-0.39, 0.29) is 4.77 Å². The molecule has 1 aromatic rings. The van der Waals surface area contributed by atoms with Gasteiger partial charge in [-0.15, -0.1) is 0 Å². The van der Waals surface area contributed by atoms with E-state index in [1.807, 2.05) is 23.5 Å². The van der Waals surface area contributed by atoms with Gasteiger partial charge < -0.3 is 4.74 Å². The monoisotopic (exact) mass is 352 g/mol. The summed E-state index contributed by atoms with van der Waals surface area (Å²) in [6.07, 6.45) is 10.6. The van der Waals surface area contributed by atoms with E-state index in [1.165, 1.54) is 60.3 Å². The zero-order valence-electron chi connectivity index (χ0n) is 15.0. The second-order valence-electron chi connectivity index (χ2n) is 6.88. The van der Waals surface area contributed by atoms with Crippen LogP contribution in [0.5, 0.6) is 0 Å². The van der Waals surface area contributed by atoms with Gasteiger partial charge in [0, 0.05) is 16.4 Å². The van der Waals surface area contributed by atoms with Crippen molar-refractivity contribution in [1.82, 2.24) is 0 Å². The molecule has 1 nitrogen and oxygen atoms in total. The first kappa shape index (κ1) is 19.2. The van der Waals surface area contributed by atoms with Crippen LogP contribution in [0.15, 0.2) is 28.0 Å². The molecule has 23 heavy (non-hydrogen) atoms. The highest BCUT2D eigenvalue weighted by Crippen LogP contribution is 2.48. The third kappa shape index (κ3) is 7.11. The number of aryl methyl sites for hydroxylation is 1. The predicted octanol–water partition coefficient (Wildman–Crippen LogP) is 7.13. The van der Waals surface area contributed by atoms with Gasteiger partial charge in [0.15, 0.2) is 4.77 Å². The lowest BCUT2D eigenvalue weighted by Gasteiger charge is -2.10. The van der Waals surface area contributed by atoms with E-state index < -0.39 is 0 Å². The van der Waals surface area contributed by atoms with E-state index in [0.717, 1.165) is 18.9 Å². The summed E-state index contributed by atoms with van der Waals surface area (Å²) in [4.78, 5) is 2.82. The smallest absolute Gasteiger partial charge is 0.158 e. The molecule has 0 radical (unpaired) electrons. The van der Waals surface area contributed by atoms with Crippen molar-refractivity contribution in [3.8, 4) is 0 Å². The zero-order chi connectivity index (χ0) is 16.5. The van der Waals surface area contributed by atoms with E-state index in [4.69, 9.17) is 4.74 Å². The fourth-order valence-corrected chi connectivity index (χ4v) is 5.28. The van der Waals surface area contributed by atoms with E-state index in [2.05, 4.69) is 39.0 Å². The first-order chi connectivity index (χ1) is 11.2. The third-order valence-electron chi connectivity index (χ3n) is 4.22. The Bertz CT molecular complexity index is 459. The summed E-state index contributed by atoms with van der Waals surface area (Å²) in [5.41, 5.74) is 1.50. The summed E-state index contributed by atoms with van der Waals surface area (Å²) in [6.45, 7) is 7.66. The molecule has 0 fully saturated rings. The Labute approximate surface area is 151 Å². The molecular weight excluding hydrogens is 320 g/mol. The Morgan fingerprint density at radius 1 is 1.00 bits per heavy atom. The number of unbranched alkanes of at least 4 members (excludes halogenated alkanes) is 5. The normalized spacial score (nSPS) is 17.0. The standard InChI is InChI=1S/C20H32OS2/c1-4-5-6-7-8-9-10-17-11-12-18-19(15-17)23-20(22-18)21-14-13-16(2)3/h11-12,15-16,20H,4-10,13-14H2,1-3H3. The Hall–Kier alpha value is -0.120. The maximum absolute atomic E-state index is 6.00. The number of hydrogen-bond donors (Lipinski definition) is 0. The number of benzene rings is 1. The highest BCUT2D eigenvalue weighted by atomic mass is 32.2. The van der Waals surface area contributed by atoms with Gasteiger partial charge >= 0.3 is 0 Å². The fourth-order valence-electron chi connectivity index (χ4n) is 2.71. The average Bonchev–Trinajstić information content (AvgIpc) is 2.92. The minimum Gasteiger partial charge on any atom is -0.357 e. The molecule has 1 aliphatic heterocycles. The molecule has 2 rings (SSSR count). The van der Waals surface area contributed by atoms with Crippen LogP contribution in [0.25, 0.3) is 0 Å². The summed E-state index contributed by atoms with van der Waals surface area (Å²) >= 11 is 3.77. The molecule has 1 atom stereocenters. The van der Waals surface area contributed by atoms with Gasteiger partial charge in [0.1, 0.15) is 0 Å². The maximum atomic E-state index is 6.00. The molecule has 0 bridgehead atoms. The minimum absolute atomic E-state index is 0.257. The molecule has 3 heteroatoms. The Kier molecular flexibility index (Phi) is 8.92. The predicted molar refractivity (Wildman–Crippen MR) is 104 cm³/mol. The molecule has 130 valence electrons. The molecule has 1 aliphatic rings. The first-order valence-electron chi connectivity index (χ1n) is 9.27. The average molecular weight is 353 g/mol. The van der Waals surface area contributed by atoms with Crippen LogP contribution in [-0.2, 0) is 11.2 Å². The van der Waals surface area contributed by atoms with Crippen molar-refractivity contribution in [1.29, 1.82) is 0 Å². The van der Waals surface area contributed by atoms with Crippen molar-refractivity contribution < 1.29 is 4.74 Å². The second kappa shape index (κ2) is 10.7. The van der Waals surface area contributed by atoms with Gasteiger partial charge in [-0.3, -0.25) is 0 Å². The lowest BCUT2D eigenvalue weighted by molar-refractivity contribution is 0.151. The van der Waals surface area contributed by atoms with Gasteiger partial charge in [0.25, 0.3) is 0 Å². The van der Waals surface area contributed by atoms with E-state index in [0.29, 0.717) is 0 Å². The number of rotatable bonds is 11. The van der Waals surface area contributed by atoms with Crippen LogP contribution in [0.1, 0.15) is 71.3 Å². The van der Waals surface area contributed by atoms with Crippen LogP contribution in [0.3, 0.4) is 0 Å². The van der Waals surface area contributed by atoms with Crippen molar-refractivity contribution in [3.63, 3.8) is 0 Å². The van der Waals surface area contributed by atoms with Crippen molar-refractivity contribution in [3.05, 3.63) is 23.8 Å². The largest absolute Gasteiger partial charge is 0.357 e. The number of ether oxygens (including phenoxy) is 1. The van der Waals surface area contributed by atoms with Crippen LogP contribution in [0, 0.1) is 5.92 Å². The molecule has 0 spiro atoms. The van der Waals surface area contributed by atoms with Gasteiger partial charge in [-0.05, 0) is 42.9 Å². The molecule has 0 aliphatic carbocycles.